The molecular formula is C12H20O2. The third kappa shape index (κ3) is 1.94. The van der Waals surface area contributed by atoms with Crippen molar-refractivity contribution in [2.24, 2.45) is 17.8 Å². The van der Waals surface area contributed by atoms with E-state index in [0.29, 0.717) is 6.61 Å². The van der Waals surface area contributed by atoms with Crippen molar-refractivity contribution >= 4 is 5.97 Å². The zero-order valence-corrected chi connectivity index (χ0v) is 9.00. The van der Waals surface area contributed by atoms with Gasteiger partial charge in [-0.3, -0.25) is 4.79 Å². The lowest BCUT2D eigenvalue weighted by molar-refractivity contribution is -0.147. The van der Waals surface area contributed by atoms with E-state index in [4.69, 9.17) is 4.74 Å². The maximum Gasteiger partial charge on any atom is 0.308 e. The summed E-state index contributed by atoms with van der Waals surface area (Å²) < 4.78 is 5.09. The van der Waals surface area contributed by atoms with Crippen LogP contribution in [-0.2, 0) is 9.53 Å². The Morgan fingerprint density at radius 3 is 2.29 bits per heavy atom. The predicted molar refractivity (Wildman–Crippen MR) is 54.8 cm³/mol. The molecule has 0 amide bonds. The minimum absolute atomic E-state index is 0.0573. The monoisotopic (exact) mass is 196 g/mol. The van der Waals surface area contributed by atoms with Gasteiger partial charge in [0.2, 0.25) is 0 Å². The van der Waals surface area contributed by atoms with Crippen molar-refractivity contribution < 1.29 is 9.53 Å². The van der Waals surface area contributed by atoms with Gasteiger partial charge in [-0.25, -0.2) is 0 Å². The van der Waals surface area contributed by atoms with Gasteiger partial charge in [0.1, 0.15) is 0 Å². The number of hydrogen-bond donors (Lipinski definition) is 0. The fourth-order valence-corrected chi connectivity index (χ4v) is 3.18. The minimum Gasteiger partial charge on any atom is -0.466 e. The van der Waals surface area contributed by atoms with Crippen molar-refractivity contribution in [1.29, 1.82) is 0 Å². The molecule has 0 unspecified atom stereocenters. The van der Waals surface area contributed by atoms with Crippen LogP contribution in [0.4, 0.5) is 0 Å². The lowest BCUT2D eigenvalue weighted by Gasteiger charge is -2.24. The Kier molecular flexibility index (Phi) is 3.09. The summed E-state index contributed by atoms with van der Waals surface area (Å²) in [6.07, 6.45) is 7.64. The molecule has 80 valence electrons. The number of hydrogen-bond acceptors (Lipinski definition) is 2. The first-order chi connectivity index (χ1) is 6.81. The SMILES string of the molecule is CCOC(=O)C1C[C@H]2CCCC[C@@H]2C1. The molecular weight excluding hydrogens is 176 g/mol. The lowest BCUT2D eigenvalue weighted by atomic mass is 9.82. The third-order valence-electron chi connectivity index (χ3n) is 3.86. The third-order valence-corrected chi connectivity index (χ3v) is 3.86. The van der Waals surface area contributed by atoms with Gasteiger partial charge in [-0.2, -0.15) is 0 Å². The molecule has 0 aromatic heterocycles. The van der Waals surface area contributed by atoms with Gasteiger partial charge in [-0.1, -0.05) is 25.7 Å². The smallest absolute Gasteiger partial charge is 0.308 e. The highest BCUT2D eigenvalue weighted by molar-refractivity contribution is 5.72. The van der Waals surface area contributed by atoms with Gasteiger partial charge in [0.25, 0.3) is 0 Å². The second-order valence-electron chi connectivity index (χ2n) is 4.72. The van der Waals surface area contributed by atoms with E-state index in [0.717, 1.165) is 24.7 Å². The van der Waals surface area contributed by atoms with E-state index in [-0.39, 0.29) is 11.9 Å². The number of ether oxygens (including phenoxy) is 1. The molecule has 0 saturated heterocycles. The van der Waals surface area contributed by atoms with E-state index in [1.807, 2.05) is 6.92 Å². The number of fused-ring (bicyclic) bond motifs is 1. The molecule has 2 rings (SSSR count). The van der Waals surface area contributed by atoms with E-state index < -0.39 is 0 Å². The highest BCUT2D eigenvalue weighted by atomic mass is 16.5. The lowest BCUT2D eigenvalue weighted by Crippen LogP contribution is -2.14. The van der Waals surface area contributed by atoms with Gasteiger partial charge >= 0.3 is 5.97 Å². The summed E-state index contributed by atoms with van der Waals surface area (Å²) in [6, 6.07) is 0. The van der Waals surface area contributed by atoms with Crippen LogP contribution in [0.15, 0.2) is 0 Å². The first-order valence-corrected chi connectivity index (χ1v) is 5.98. The van der Waals surface area contributed by atoms with Crippen LogP contribution in [0.3, 0.4) is 0 Å². The largest absolute Gasteiger partial charge is 0.466 e. The average Bonchev–Trinajstić information content (AvgIpc) is 2.61. The van der Waals surface area contributed by atoms with Gasteiger partial charge < -0.3 is 4.74 Å². The summed E-state index contributed by atoms with van der Waals surface area (Å²) in [5.41, 5.74) is 0. The van der Waals surface area contributed by atoms with Crippen molar-refractivity contribution in [3.63, 3.8) is 0 Å². The fourth-order valence-electron chi connectivity index (χ4n) is 3.18. The zero-order valence-electron chi connectivity index (χ0n) is 9.00. The molecule has 2 aliphatic carbocycles. The predicted octanol–water partition coefficient (Wildman–Crippen LogP) is 2.77. The molecule has 0 bridgehead atoms. The van der Waals surface area contributed by atoms with Crippen LogP contribution in [0.1, 0.15) is 45.4 Å². The molecule has 0 radical (unpaired) electrons. The van der Waals surface area contributed by atoms with Crippen LogP contribution < -0.4 is 0 Å². The van der Waals surface area contributed by atoms with Crippen LogP contribution in [0.25, 0.3) is 0 Å². The first kappa shape index (κ1) is 10.0. The van der Waals surface area contributed by atoms with Gasteiger partial charge in [0, 0.05) is 0 Å². The normalized spacial score (nSPS) is 32.6. The molecule has 0 heterocycles. The van der Waals surface area contributed by atoms with Gasteiger partial charge in [0.05, 0.1) is 12.5 Å². The average molecular weight is 196 g/mol. The van der Waals surface area contributed by atoms with Crippen molar-refractivity contribution in [2.75, 3.05) is 6.61 Å². The van der Waals surface area contributed by atoms with Crippen molar-refractivity contribution in [1.82, 2.24) is 0 Å². The summed E-state index contributed by atoms with van der Waals surface area (Å²) >= 11 is 0. The maximum atomic E-state index is 11.6. The molecule has 2 fully saturated rings. The Hall–Kier alpha value is -0.530. The Bertz CT molecular complexity index is 198. The van der Waals surface area contributed by atoms with Crippen LogP contribution in [0.2, 0.25) is 0 Å². The van der Waals surface area contributed by atoms with Gasteiger partial charge in [0.15, 0.2) is 0 Å². The van der Waals surface area contributed by atoms with Crippen LogP contribution in [0, 0.1) is 17.8 Å². The number of carbonyl (C=O) groups is 1. The molecule has 2 nitrogen and oxygen atoms in total. The summed E-state index contributed by atoms with van der Waals surface area (Å²) in [4.78, 5) is 11.6. The Morgan fingerprint density at radius 1 is 1.21 bits per heavy atom. The standard InChI is InChI=1S/C12H20O2/c1-2-14-12(13)11-7-9-5-3-4-6-10(9)8-11/h9-11H,2-8H2,1H3/t9-,10-/m1/s1. The first-order valence-electron chi connectivity index (χ1n) is 5.98. The van der Waals surface area contributed by atoms with Gasteiger partial charge in [-0.15, -0.1) is 0 Å². The molecule has 0 N–H and O–H groups in total. The fraction of sp³-hybridized carbons (Fsp3) is 0.917. The number of esters is 1. The second-order valence-corrected chi connectivity index (χ2v) is 4.72. The summed E-state index contributed by atoms with van der Waals surface area (Å²) in [5, 5.41) is 0. The quantitative estimate of drug-likeness (QED) is 0.635. The summed E-state index contributed by atoms with van der Waals surface area (Å²) in [6.45, 7) is 2.42. The van der Waals surface area contributed by atoms with E-state index >= 15 is 0 Å². The van der Waals surface area contributed by atoms with E-state index in [1.165, 1.54) is 25.7 Å². The Labute approximate surface area is 86.0 Å². The van der Waals surface area contributed by atoms with E-state index in [9.17, 15) is 4.79 Å². The second kappa shape index (κ2) is 4.33. The molecule has 2 heteroatoms. The number of carbonyl (C=O) groups excluding carboxylic acids is 1. The summed E-state index contributed by atoms with van der Waals surface area (Å²) in [5.74, 6) is 1.95. The Balaban J connectivity index is 1.89. The van der Waals surface area contributed by atoms with Crippen LogP contribution in [0.5, 0.6) is 0 Å². The Morgan fingerprint density at radius 2 is 1.79 bits per heavy atom. The molecule has 2 aliphatic rings. The van der Waals surface area contributed by atoms with Crippen molar-refractivity contribution in [3.8, 4) is 0 Å². The molecule has 0 aliphatic heterocycles. The molecule has 2 atom stereocenters. The van der Waals surface area contributed by atoms with Crippen LogP contribution in [-0.4, -0.2) is 12.6 Å². The van der Waals surface area contributed by atoms with Crippen LogP contribution >= 0.6 is 0 Å². The molecule has 2 saturated carbocycles. The topological polar surface area (TPSA) is 26.3 Å². The minimum atomic E-state index is 0.0573. The van der Waals surface area contributed by atoms with E-state index in [1.54, 1.807) is 0 Å². The highest BCUT2D eigenvalue weighted by Gasteiger charge is 2.39. The highest BCUT2D eigenvalue weighted by Crippen LogP contribution is 2.45. The molecule has 0 aromatic rings. The molecule has 0 spiro atoms. The van der Waals surface area contributed by atoms with Crippen molar-refractivity contribution in [2.45, 2.75) is 45.4 Å². The van der Waals surface area contributed by atoms with Crippen molar-refractivity contribution in [3.05, 3.63) is 0 Å². The molecule has 0 aromatic carbocycles. The number of rotatable bonds is 2. The molecule has 14 heavy (non-hydrogen) atoms. The van der Waals surface area contributed by atoms with E-state index in [2.05, 4.69) is 0 Å². The maximum absolute atomic E-state index is 11.6. The van der Waals surface area contributed by atoms with Gasteiger partial charge in [-0.05, 0) is 31.6 Å². The zero-order chi connectivity index (χ0) is 9.97. The summed E-state index contributed by atoms with van der Waals surface area (Å²) in [7, 11) is 0.